The summed E-state index contributed by atoms with van der Waals surface area (Å²) in [6.07, 6.45) is 3.23. The van der Waals surface area contributed by atoms with Gasteiger partial charge in [0.15, 0.2) is 5.96 Å². The summed E-state index contributed by atoms with van der Waals surface area (Å²) in [5.74, 6) is 2.26. The van der Waals surface area contributed by atoms with Gasteiger partial charge < -0.3 is 24.8 Å². The molecule has 0 aromatic rings. The van der Waals surface area contributed by atoms with Crippen molar-refractivity contribution in [2.24, 2.45) is 16.8 Å². The monoisotopic (exact) mass is 409 g/mol. The molecule has 0 spiro atoms. The van der Waals surface area contributed by atoms with E-state index in [1.807, 2.05) is 39.6 Å². The number of amides is 1. The Labute approximate surface area is 177 Å². The van der Waals surface area contributed by atoms with Gasteiger partial charge in [-0.25, -0.2) is 4.79 Å². The maximum Gasteiger partial charge on any atom is 0.410 e. The van der Waals surface area contributed by atoms with Crippen LogP contribution in [-0.4, -0.2) is 91.8 Å². The van der Waals surface area contributed by atoms with Crippen LogP contribution in [0.15, 0.2) is 4.99 Å². The molecule has 1 N–H and O–H groups in total. The van der Waals surface area contributed by atoms with E-state index in [0.717, 1.165) is 57.4 Å². The Bertz CT molecular complexity index is 538. The third kappa shape index (κ3) is 7.68. The number of aliphatic imine (C=N–C) groups is 1. The molecule has 0 aromatic carbocycles. The van der Waals surface area contributed by atoms with Gasteiger partial charge in [-0.3, -0.25) is 4.99 Å². The molecule has 7 heteroatoms. The summed E-state index contributed by atoms with van der Waals surface area (Å²) in [5, 5.41) is 3.60. The van der Waals surface area contributed by atoms with Crippen molar-refractivity contribution in [3.8, 4) is 0 Å². The minimum Gasteiger partial charge on any atom is -0.444 e. The van der Waals surface area contributed by atoms with Crippen molar-refractivity contribution >= 4 is 12.1 Å². The van der Waals surface area contributed by atoms with Crippen molar-refractivity contribution in [2.45, 2.75) is 59.5 Å². The molecule has 2 heterocycles. The summed E-state index contributed by atoms with van der Waals surface area (Å²) in [6.45, 7) is 18.0. The second kappa shape index (κ2) is 11.0. The second-order valence-electron chi connectivity index (χ2n) is 9.43. The summed E-state index contributed by atoms with van der Waals surface area (Å²) in [7, 11) is 1.88. The lowest BCUT2D eigenvalue weighted by Crippen LogP contribution is -2.48. The van der Waals surface area contributed by atoms with Crippen molar-refractivity contribution in [3.05, 3.63) is 0 Å². The smallest absolute Gasteiger partial charge is 0.410 e. The molecule has 2 fully saturated rings. The maximum absolute atomic E-state index is 12.4. The molecular weight excluding hydrogens is 366 g/mol. The molecule has 2 aliphatic heterocycles. The van der Waals surface area contributed by atoms with Gasteiger partial charge in [-0.15, -0.1) is 0 Å². The first-order chi connectivity index (χ1) is 13.8. The average molecular weight is 410 g/mol. The van der Waals surface area contributed by atoms with Crippen molar-refractivity contribution in [2.75, 3.05) is 59.4 Å². The Morgan fingerprint density at radius 2 is 1.79 bits per heavy atom. The summed E-state index contributed by atoms with van der Waals surface area (Å²) in [6, 6.07) is 0. The van der Waals surface area contributed by atoms with E-state index in [1.165, 1.54) is 19.5 Å². The number of hydrogen-bond acceptors (Lipinski definition) is 4. The first kappa shape index (κ1) is 23.8. The lowest BCUT2D eigenvalue weighted by atomic mass is 9.96. The number of hydrogen-bond donors (Lipinski definition) is 1. The summed E-state index contributed by atoms with van der Waals surface area (Å²) >= 11 is 0. The highest BCUT2D eigenvalue weighted by Crippen LogP contribution is 2.20. The van der Waals surface area contributed by atoms with E-state index in [2.05, 4.69) is 27.0 Å². The number of carbonyl (C=O) groups excluding carboxylic acids is 1. The summed E-state index contributed by atoms with van der Waals surface area (Å²) in [4.78, 5) is 23.6. The van der Waals surface area contributed by atoms with Crippen molar-refractivity contribution in [1.82, 2.24) is 20.0 Å². The molecule has 7 nitrogen and oxygen atoms in total. The molecule has 2 saturated heterocycles. The van der Waals surface area contributed by atoms with E-state index >= 15 is 0 Å². The summed E-state index contributed by atoms with van der Waals surface area (Å²) < 4.78 is 5.55. The van der Waals surface area contributed by atoms with Crippen LogP contribution in [0.25, 0.3) is 0 Å². The lowest BCUT2D eigenvalue weighted by Gasteiger charge is -2.36. The van der Waals surface area contributed by atoms with Crippen LogP contribution in [-0.2, 0) is 4.74 Å². The number of guanidine groups is 1. The molecular formula is C22H43N5O2. The Morgan fingerprint density at radius 3 is 2.31 bits per heavy atom. The van der Waals surface area contributed by atoms with Crippen molar-refractivity contribution in [3.63, 3.8) is 0 Å². The normalized spacial score (nSPS) is 22.1. The molecule has 0 saturated carbocycles. The third-order valence-corrected chi connectivity index (χ3v) is 6.00. The van der Waals surface area contributed by atoms with Crippen LogP contribution in [0, 0.1) is 11.8 Å². The molecule has 29 heavy (non-hydrogen) atoms. The standard InChI is InChI=1S/C22H43N5O2/c1-7-25-12-9-19(16-25)15-24-20(23-6)27-13-10-18(11-14-27)17-26(8-2)21(28)29-22(3,4)5/h18-19H,7-17H2,1-6H3,(H,23,24). The number of carbonyl (C=O) groups is 1. The fourth-order valence-electron chi connectivity index (χ4n) is 4.23. The van der Waals surface area contributed by atoms with Crippen molar-refractivity contribution in [1.29, 1.82) is 0 Å². The minimum absolute atomic E-state index is 0.197. The van der Waals surface area contributed by atoms with Gasteiger partial charge in [-0.2, -0.15) is 0 Å². The fourth-order valence-corrected chi connectivity index (χ4v) is 4.23. The van der Waals surface area contributed by atoms with Gasteiger partial charge in [0.05, 0.1) is 0 Å². The second-order valence-corrected chi connectivity index (χ2v) is 9.43. The Morgan fingerprint density at radius 1 is 1.14 bits per heavy atom. The molecule has 168 valence electrons. The quantitative estimate of drug-likeness (QED) is 0.540. The topological polar surface area (TPSA) is 60.4 Å². The highest BCUT2D eigenvalue weighted by Gasteiger charge is 2.28. The van der Waals surface area contributed by atoms with E-state index < -0.39 is 5.60 Å². The number of nitrogens with zero attached hydrogens (tertiary/aromatic N) is 4. The van der Waals surface area contributed by atoms with Crippen LogP contribution in [0.2, 0.25) is 0 Å². The molecule has 1 amide bonds. The molecule has 1 unspecified atom stereocenters. The van der Waals surface area contributed by atoms with Crippen LogP contribution in [0.4, 0.5) is 4.79 Å². The SMILES string of the molecule is CCN1CCC(CNC(=NC)N2CCC(CN(CC)C(=O)OC(C)(C)C)CC2)C1. The highest BCUT2D eigenvalue weighted by atomic mass is 16.6. The Kier molecular flexibility index (Phi) is 9.05. The predicted octanol–water partition coefficient (Wildman–Crippen LogP) is 2.87. The van der Waals surface area contributed by atoms with Gasteiger partial charge >= 0.3 is 6.09 Å². The van der Waals surface area contributed by atoms with Gasteiger partial charge in [-0.1, -0.05) is 6.92 Å². The largest absolute Gasteiger partial charge is 0.444 e. The fraction of sp³-hybridized carbons (Fsp3) is 0.909. The first-order valence-electron chi connectivity index (χ1n) is 11.4. The average Bonchev–Trinajstić information content (AvgIpc) is 3.14. The lowest BCUT2D eigenvalue weighted by molar-refractivity contribution is 0.0214. The van der Waals surface area contributed by atoms with Crippen LogP contribution < -0.4 is 5.32 Å². The molecule has 2 rings (SSSR count). The zero-order valence-corrected chi connectivity index (χ0v) is 19.5. The van der Waals surface area contributed by atoms with Gasteiger partial charge in [0, 0.05) is 46.3 Å². The number of nitrogens with one attached hydrogen (secondary N) is 1. The van der Waals surface area contributed by atoms with E-state index in [9.17, 15) is 4.79 Å². The van der Waals surface area contributed by atoms with Gasteiger partial charge in [0.2, 0.25) is 0 Å². The Balaban J connectivity index is 1.75. The van der Waals surface area contributed by atoms with E-state index in [4.69, 9.17) is 4.74 Å². The maximum atomic E-state index is 12.4. The number of piperidine rings is 1. The zero-order chi connectivity index (χ0) is 21.4. The molecule has 0 radical (unpaired) electrons. The third-order valence-electron chi connectivity index (χ3n) is 6.00. The molecule has 0 aliphatic carbocycles. The zero-order valence-electron chi connectivity index (χ0n) is 19.5. The number of ether oxygens (including phenoxy) is 1. The Hall–Kier alpha value is -1.50. The molecule has 2 aliphatic rings. The predicted molar refractivity (Wildman–Crippen MR) is 119 cm³/mol. The van der Waals surface area contributed by atoms with Crippen LogP contribution in [0.3, 0.4) is 0 Å². The van der Waals surface area contributed by atoms with Gasteiger partial charge in [0.25, 0.3) is 0 Å². The number of likely N-dealkylation sites (tertiary alicyclic amines) is 2. The minimum atomic E-state index is -0.445. The molecule has 0 aromatic heterocycles. The van der Waals surface area contributed by atoms with Crippen LogP contribution in [0.1, 0.15) is 53.9 Å². The first-order valence-corrected chi connectivity index (χ1v) is 11.4. The van der Waals surface area contributed by atoms with E-state index in [0.29, 0.717) is 12.5 Å². The number of rotatable bonds is 6. The van der Waals surface area contributed by atoms with Gasteiger partial charge in [0.1, 0.15) is 5.60 Å². The van der Waals surface area contributed by atoms with E-state index in [1.54, 1.807) is 0 Å². The van der Waals surface area contributed by atoms with Crippen LogP contribution >= 0.6 is 0 Å². The molecule has 0 bridgehead atoms. The summed E-state index contributed by atoms with van der Waals surface area (Å²) in [5.41, 5.74) is -0.445. The highest BCUT2D eigenvalue weighted by molar-refractivity contribution is 5.80. The van der Waals surface area contributed by atoms with Crippen molar-refractivity contribution < 1.29 is 9.53 Å². The molecule has 1 atom stereocenters. The van der Waals surface area contributed by atoms with Crippen LogP contribution in [0.5, 0.6) is 0 Å². The van der Waals surface area contributed by atoms with Gasteiger partial charge in [-0.05, 0) is 71.9 Å². The van der Waals surface area contributed by atoms with E-state index in [-0.39, 0.29) is 6.09 Å².